The van der Waals surface area contributed by atoms with E-state index in [1.165, 1.54) is 0 Å². The van der Waals surface area contributed by atoms with Gasteiger partial charge in [-0.2, -0.15) is 0 Å². The number of carbonyl (C=O) groups is 2. The van der Waals surface area contributed by atoms with Crippen molar-refractivity contribution in [1.29, 1.82) is 0 Å². The standard InChI is InChI=1S/C15H18O3/c1-15(2,3)18-14(17)13-9-7-12(8-10-13)6-4-5-11-16/h4,6-11H,5H2,1-3H3. The molecular formula is C15H18O3. The number of rotatable bonds is 4. The summed E-state index contributed by atoms with van der Waals surface area (Å²) in [6.45, 7) is 5.50. The molecule has 96 valence electrons. The van der Waals surface area contributed by atoms with Crippen LogP contribution in [0.2, 0.25) is 0 Å². The molecule has 18 heavy (non-hydrogen) atoms. The molecule has 0 saturated carbocycles. The zero-order chi connectivity index (χ0) is 13.6. The molecule has 0 aromatic heterocycles. The second kappa shape index (κ2) is 6.15. The van der Waals surface area contributed by atoms with Gasteiger partial charge in [-0.05, 0) is 38.5 Å². The van der Waals surface area contributed by atoms with Crippen LogP contribution in [-0.2, 0) is 9.53 Å². The quantitative estimate of drug-likeness (QED) is 0.605. The van der Waals surface area contributed by atoms with Gasteiger partial charge in [0.1, 0.15) is 11.9 Å². The number of ether oxygens (including phenoxy) is 1. The van der Waals surface area contributed by atoms with Gasteiger partial charge in [0.2, 0.25) is 0 Å². The van der Waals surface area contributed by atoms with Gasteiger partial charge in [-0.15, -0.1) is 0 Å². The van der Waals surface area contributed by atoms with Crippen LogP contribution in [0.5, 0.6) is 0 Å². The van der Waals surface area contributed by atoms with E-state index in [1.54, 1.807) is 18.2 Å². The van der Waals surface area contributed by atoms with Crippen molar-refractivity contribution in [2.45, 2.75) is 32.8 Å². The molecule has 1 aromatic carbocycles. The first-order valence-corrected chi connectivity index (χ1v) is 5.86. The Morgan fingerprint density at radius 1 is 1.22 bits per heavy atom. The third kappa shape index (κ3) is 4.95. The van der Waals surface area contributed by atoms with Gasteiger partial charge in [-0.25, -0.2) is 4.79 Å². The van der Waals surface area contributed by atoms with Crippen LogP contribution in [0.25, 0.3) is 6.08 Å². The van der Waals surface area contributed by atoms with Crippen LogP contribution in [0.3, 0.4) is 0 Å². The number of aldehydes is 1. The lowest BCUT2D eigenvalue weighted by Crippen LogP contribution is -2.23. The average Bonchev–Trinajstić information content (AvgIpc) is 2.28. The summed E-state index contributed by atoms with van der Waals surface area (Å²) < 4.78 is 5.26. The van der Waals surface area contributed by atoms with Crippen LogP contribution >= 0.6 is 0 Å². The highest BCUT2D eigenvalue weighted by molar-refractivity contribution is 5.89. The fourth-order valence-electron chi connectivity index (χ4n) is 1.33. The van der Waals surface area contributed by atoms with E-state index < -0.39 is 5.60 Å². The van der Waals surface area contributed by atoms with Crippen molar-refractivity contribution >= 4 is 18.3 Å². The molecule has 0 amide bonds. The molecule has 0 fully saturated rings. The minimum Gasteiger partial charge on any atom is -0.456 e. The van der Waals surface area contributed by atoms with Gasteiger partial charge >= 0.3 is 5.97 Å². The molecular weight excluding hydrogens is 228 g/mol. The molecule has 0 heterocycles. The molecule has 3 heteroatoms. The predicted molar refractivity (Wildman–Crippen MR) is 71.3 cm³/mol. The molecule has 0 bridgehead atoms. The molecule has 0 aliphatic heterocycles. The van der Waals surface area contributed by atoms with Crippen molar-refractivity contribution in [3.05, 3.63) is 41.5 Å². The second-order valence-corrected chi connectivity index (χ2v) is 4.93. The third-order valence-corrected chi connectivity index (χ3v) is 2.09. The van der Waals surface area contributed by atoms with E-state index >= 15 is 0 Å². The van der Waals surface area contributed by atoms with E-state index in [9.17, 15) is 9.59 Å². The van der Waals surface area contributed by atoms with E-state index in [2.05, 4.69) is 0 Å². The summed E-state index contributed by atoms with van der Waals surface area (Å²) in [7, 11) is 0. The number of carbonyl (C=O) groups excluding carboxylic acids is 2. The van der Waals surface area contributed by atoms with Gasteiger partial charge in [0.25, 0.3) is 0 Å². The Balaban J connectivity index is 2.70. The molecule has 1 rings (SSSR count). The first-order chi connectivity index (χ1) is 8.42. The smallest absolute Gasteiger partial charge is 0.338 e. The maximum absolute atomic E-state index is 11.7. The van der Waals surface area contributed by atoms with E-state index in [0.29, 0.717) is 12.0 Å². The molecule has 0 N–H and O–H groups in total. The van der Waals surface area contributed by atoms with Crippen molar-refractivity contribution in [1.82, 2.24) is 0 Å². The van der Waals surface area contributed by atoms with Crippen LogP contribution in [0.15, 0.2) is 30.3 Å². The Morgan fingerprint density at radius 2 is 1.83 bits per heavy atom. The third-order valence-electron chi connectivity index (χ3n) is 2.09. The van der Waals surface area contributed by atoms with Crippen molar-refractivity contribution in [3.63, 3.8) is 0 Å². The lowest BCUT2D eigenvalue weighted by Gasteiger charge is -2.19. The van der Waals surface area contributed by atoms with E-state index in [-0.39, 0.29) is 5.97 Å². The van der Waals surface area contributed by atoms with Crippen molar-refractivity contribution in [2.75, 3.05) is 0 Å². The van der Waals surface area contributed by atoms with Crippen LogP contribution in [0, 0.1) is 0 Å². The molecule has 0 atom stereocenters. The zero-order valence-corrected chi connectivity index (χ0v) is 11.0. The second-order valence-electron chi connectivity index (χ2n) is 4.93. The van der Waals surface area contributed by atoms with Gasteiger partial charge in [-0.3, -0.25) is 0 Å². The zero-order valence-electron chi connectivity index (χ0n) is 11.0. The highest BCUT2D eigenvalue weighted by Crippen LogP contribution is 2.13. The number of esters is 1. The Morgan fingerprint density at radius 3 is 2.33 bits per heavy atom. The number of benzene rings is 1. The molecule has 0 aliphatic carbocycles. The molecule has 0 spiro atoms. The van der Waals surface area contributed by atoms with Crippen LogP contribution in [0.1, 0.15) is 43.1 Å². The summed E-state index contributed by atoms with van der Waals surface area (Å²) in [6, 6.07) is 7.07. The lowest BCUT2D eigenvalue weighted by atomic mass is 10.1. The number of hydrogen-bond donors (Lipinski definition) is 0. The molecule has 3 nitrogen and oxygen atoms in total. The maximum Gasteiger partial charge on any atom is 0.338 e. The average molecular weight is 246 g/mol. The summed E-state index contributed by atoms with van der Waals surface area (Å²) in [5, 5.41) is 0. The molecule has 0 aliphatic rings. The van der Waals surface area contributed by atoms with E-state index in [1.807, 2.05) is 39.0 Å². The Bertz CT molecular complexity index is 436. The van der Waals surface area contributed by atoms with E-state index in [0.717, 1.165) is 11.8 Å². The predicted octanol–water partition coefficient (Wildman–Crippen LogP) is 3.24. The maximum atomic E-state index is 11.7. The van der Waals surface area contributed by atoms with Gasteiger partial charge in [0, 0.05) is 6.42 Å². The number of hydrogen-bond acceptors (Lipinski definition) is 3. The summed E-state index contributed by atoms with van der Waals surface area (Å²) in [4.78, 5) is 21.9. The monoisotopic (exact) mass is 246 g/mol. The van der Waals surface area contributed by atoms with Crippen LogP contribution in [-0.4, -0.2) is 17.9 Å². The van der Waals surface area contributed by atoms with Gasteiger partial charge < -0.3 is 9.53 Å². The summed E-state index contributed by atoms with van der Waals surface area (Å²) in [5.74, 6) is -0.328. The molecule has 1 aromatic rings. The van der Waals surface area contributed by atoms with Crippen molar-refractivity contribution in [3.8, 4) is 0 Å². The first kappa shape index (κ1) is 14.2. The molecule has 0 saturated heterocycles. The SMILES string of the molecule is CC(C)(C)OC(=O)c1ccc(C=CCC=O)cc1. The van der Waals surface area contributed by atoms with Gasteiger partial charge in [-0.1, -0.05) is 24.3 Å². The lowest BCUT2D eigenvalue weighted by molar-refractivity contribution is -0.107. The fourth-order valence-corrected chi connectivity index (χ4v) is 1.33. The largest absolute Gasteiger partial charge is 0.456 e. The summed E-state index contributed by atoms with van der Waals surface area (Å²) >= 11 is 0. The summed E-state index contributed by atoms with van der Waals surface area (Å²) in [5.41, 5.74) is 0.987. The minimum absolute atomic E-state index is 0.328. The molecule has 0 radical (unpaired) electrons. The summed E-state index contributed by atoms with van der Waals surface area (Å²) in [6.07, 6.45) is 4.85. The van der Waals surface area contributed by atoms with Gasteiger partial charge in [0.05, 0.1) is 5.56 Å². The molecule has 0 unspecified atom stereocenters. The Labute approximate surface area is 107 Å². The Kier molecular flexibility index (Phi) is 4.84. The minimum atomic E-state index is -0.486. The highest BCUT2D eigenvalue weighted by atomic mass is 16.6. The highest BCUT2D eigenvalue weighted by Gasteiger charge is 2.17. The van der Waals surface area contributed by atoms with Crippen LogP contribution < -0.4 is 0 Å². The van der Waals surface area contributed by atoms with E-state index in [4.69, 9.17) is 4.74 Å². The van der Waals surface area contributed by atoms with Gasteiger partial charge in [0.15, 0.2) is 0 Å². The van der Waals surface area contributed by atoms with Crippen LogP contribution in [0.4, 0.5) is 0 Å². The topological polar surface area (TPSA) is 43.4 Å². The van der Waals surface area contributed by atoms with Crippen molar-refractivity contribution in [2.24, 2.45) is 0 Å². The first-order valence-electron chi connectivity index (χ1n) is 5.86. The van der Waals surface area contributed by atoms with Crippen molar-refractivity contribution < 1.29 is 14.3 Å². The fraction of sp³-hybridized carbons (Fsp3) is 0.333. The normalized spacial score (nSPS) is 11.5. The number of allylic oxidation sites excluding steroid dienone is 1. The Hall–Kier alpha value is -1.90.